The molecule has 0 aliphatic heterocycles. The Morgan fingerprint density at radius 3 is 1.43 bits per heavy atom. The third-order valence-corrected chi connectivity index (χ3v) is 3.49. The molecular formula is C18H25N3. The van der Waals surface area contributed by atoms with Crippen LogP contribution < -0.4 is 16.8 Å². The molecule has 0 bridgehead atoms. The van der Waals surface area contributed by atoms with Crippen molar-refractivity contribution in [2.24, 2.45) is 11.5 Å². The van der Waals surface area contributed by atoms with Crippen molar-refractivity contribution < 1.29 is 0 Å². The molecule has 0 radical (unpaired) electrons. The molecule has 21 heavy (non-hydrogen) atoms. The molecule has 2 aromatic rings. The summed E-state index contributed by atoms with van der Waals surface area (Å²) in [5.74, 6) is 0. The van der Waals surface area contributed by atoms with E-state index in [2.05, 4.69) is 29.6 Å². The largest absolute Gasteiger partial charge is 0.326 e. The average molecular weight is 283 g/mol. The van der Waals surface area contributed by atoms with Crippen LogP contribution in [0.3, 0.4) is 0 Å². The van der Waals surface area contributed by atoms with E-state index < -0.39 is 0 Å². The Balaban J connectivity index is 1.64. The number of hydrogen-bond donors (Lipinski definition) is 3. The highest BCUT2D eigenvalue weighted by molar-refractivity contribution is 5.16. The van der Waals surface area contributed by atoms with Crippen molar-refractivity contribution in [3.8, 4) is 0 Å². The number of hydrogen-bond acceptors (Lipinski definition) is 3. The second-order valence-electron chi connectivity index (χ2n) is 5.56. The quantitative estimate of drug-likeness (QED) is 0.691. The smallest absolute Gasteiger partial charge is 0.0206 e. The van der Waals surface area contributed by atoms with Crippen molar-refractivity contribution in [1.29, 1.82) is 0 Å². The monoisotopic (exact) mass is 283 g/mol. The van der Waals surface area contributed by atoms with Crippen LogP contribution in [-0.4, -0.2) is 25.2 Å². The van der Waals surface area contributed by atoms with Crippen LogP contribution in [0.2, 0.25) is 0 Å². The Bertz CT molecular complexity index is 451. The van der Waals surface area contributed by atoms with Crippen molar-refractivity contribution in [1.82, 2.24) is 5.32 Å². The van der Waals surface area contributed by atoms with E-state index in [1.165, 1.54) is 11.1 Å². The lowest BCUT2D eigenvalue weighted by molar-refractivity contribution is 0.527. The molecule has 0 aliphatic rings. The maximum atomic E-state index is 6.14. The summed E-state index contributed by atoms with van der Waals surface area (Å²) in [5, 5.41) is 3.38. The third-order valence-electron chi connectivity index (χ3n) is 3.49. The van der Waals surface area contributed by atoms with Gasteiger partial charge < -0.3 is 16.8 Å². The first kappa shape index (κ1) is 15.7. The molecule has 3 heteroatoms. The summed E-state index contributed by atoms with van der Waals surface area (Å²) in [6.07, 6.45) is 1.78. The molecule has 0 fully saturated rings. The highest BCUT2D eigenvalue weighted by Gasteiger charge is 2.06. The zero-order valence-electron chi connectivity index (χ0n) is 12.4. The Hall–Kier alpha value is -1.68. The number of rotatable bonds is 8. The predicted molar refractivity (Wildman–Crippen MR) is 89.1 cm³/mol. The molecule has 0 aliphatic carbocycles. The second kappa shape index (κ2) is 8.57. The lowest BCUT2D eigenvalue weighted by atomic mass is 10.1. The van der Waals surface area contributed by atoms with Gasteiger partial charge in [-0.25, -0.2) is 0 Å². The van der Waals surface area contributed by atoms with Crippen molar-refractivity contribution in [2.75, 3.05) is 13.1 Å². The zero-order valence-corrected chi connectivity index (χ0v) is 12.4. The zero-order chi connectivity index (χ0) is 14.9. The summed E-state index contributed by atoms with van der Waals surface area (Å²) in [6.45, 7) is 1.58. The van der Waals surface area contributed by atoms with Gasteiger partial charge in [-0.15, -0.1) is 0 Å². The minimum absolute atomic E-state index is 0.122. The first-order valence-corrected chi connectivity index (χ1v) is 7.54. The van der Waals surface area contributed by atoms with Gasteiger partial charge in [-0.1, -0.05) is 60.7 Å². The summed E-state index contributed by atoms with van der Waals surface area (Å²) >= 11 is 0. The van der Waals surface area contributed by atoms with Crippen LogP contribution in [0.4, 0.5) is 0 Å². The van der Waals surface area contributed by atoms with Gasteiger partial charge in [0.1, 0.15) is 0 Å². The highest BCUT2D eigenvalue weighted by atomic mass is 14.9. The molecule has 2 rings (SSSR count). The normalized spacial score (nSPS) is 13.8. The molecule has 0 heterocycles. The molecule has 112 valence electrons. The van der Waals surface area contributed by atoms with E-state index in [0.29, 0.717) is 0 Å². The lowest BCUT2D eigenvalue weighted by Gasteiger charge is -2.16. The summed E-state index contributed by atoms with van der Waals surface area (Å²) in [7, 11) is 0. The molecule has 2 atom stereocenters. The molecule has 0 unspecified atom stereocenters. The fraction of sp³-hybridized carbons (Fsp3) is 0.333. The van der Waals surface area contributed by atoms with Crippen molar-refractivity contribution >= 4 is 0 Å². The van der Waals surface area contributed by atoms with Crippen LogP contribution in [-0.2, 0) is 12.8 Å². The van der Waals surface area contributed by atoms with Crippen LogP contribution in [0.15, 0.2) is 60.7 Å². The molecule has 2 aromatic carbocycles. The van der Waals surface area contributed by atoms with Gasteiger partial charge in [0, 0.05) is 25.2 Å². The van der Waals surface area contributed by atoms with Gasteiger partial charge >= 0.3 is 0 Å². The van der Waals surface area contributed by atoms with Gasteiger partial charge in [0.2, 0.25) is 0 Å². The fourth-order valence-electron chi connectivity index (χ4n) is 2.43. The van der Waals surface area contributed by atoms with Gasteiger partial charge in [-0.2, -0.15) is 0 Å². The summed E-state index contributed by atoms with van der Waals surface area (Å²) in [5.41, 5.74) is 14.8. The van der Waals surface area contributed by atoms with E-state index in [1.807, 2.05) is 36.4 Å². The lowest BCUT2D eigenvalue weighted by Crippen LogP contribution is -2.42. The highest BCUT2D eigenvalue weighted by Crippen LogP contribution is 2.02. The minimum Gasteiger partial charge on any atom is -0.326 e. The molecule has 0 saturated heterocycles. The van der Waals surface area contributed by atoms with Crippen molar-refractivity contribution in [3.63, 3.8) is 0 Å². The first-order chi connectivity index (χ1) is 10.2. The average Bonchev–Trinajstić information content (AvgIpc) is 2.49. The number of benzene rings is 2. The van der Waals surface area contributed by atoms with E-state index in [0.717, 1.165) is 25.9 Å². The van der Waals surface area contributed by atoms with E-state index in [9.17, 15) is 0 Å². The topological polar surface area (TPSA) is 64.1 Å². The standard InChI is InChI=1S/C18H25N3/c19-17(11-15-7-3-1-4-8-15)13-21-14-18(20)12-16-9-5-2-6-10-16/h1-10,17-18,21H,11-14,19-20H2/t17-,18-/m0/s1. The van der Waals surface area contributed by atoms with Crippen LogP contribution in [0.5, 0.6) is 0 Å². The molecule has 0 spiro atoms. The van der Waals surface area contributed by atoms with E-state index in [1.54, 1.807) is 0 Å². The summed E-state index contributed by atoms with van der Waals surface area (Å²) in [6, 6.07) is 20.9. The van der Waals surface area contributed by atoms with Crippen molar-refractivity contribution in [2.45, 2.75) is 24.9 Å². The van der Waals surface area contributed by atoms with Gasteiger partial charge in [-0.05, 0) is 24.0 Å². The molecular weight excluding hydrogens is 258 g/mol. The van der Waals surface area contributed by atoms with Crippen LogP contribution in [0, 0.1) is 0 Å². The molecule has 0 amide bonds. The first-order valence-electron chi connectivity index (χ1n) is 7.54. The number of nitrogens with two attached hydrogens (primary N) is 2. The van der Waals surface area contributed by atoms with Gasteiger partial charge in [-0.3, -0.25) is 0 Å². The Labute approximate surface area is 127 Å². The fourth-order valence-corrected chi connectivity index (χ4v) is 2.43. The Morgan fingerprint density at radius 1 is 0.667 bits per heavy atom. The van der Waals surface area contributed by atoms with Crippen LogP contribution in [0.25, 0.3) is 0 Å². The summed E-state index contributed by atoms with van der Waals surface area (Å²) in [4.78, 5) is 0. The predicted octanol–water partition coefficient (Wildman–Crippen LogP) is 1.72. The summed E-state index contributed by atoms with van der Waals surface area (Å²) < 4.78 is 0. The van der Waals surface area contributed by atoms with Gasteiger partial charge in [0.15, 0.2) is 0 Å². The third kappa shape index (κ3) is 6.08. The van der Waals surface area contributed by atoms with E-state index in [4.69, 9.17) is 11.5 Å². The number of nitrogens with one attached hydrogen (secondary N) is 1. The van der Waals surface area contributed by atoms with Crippen LogP contribution in [0.1, 0.15) is 11.1 Å². The van der Waals surface area contributed by atoms with Crippen molar-refractivity contribution in [3.05, 3.63) is 71.8 Å². The Kier molecular flexibility index (Phi) is 6.41. The Morgan fingerprint density at radius 2 is 1.05 bits per heavy atom. The van der Waals surface area contributed by atoms with Crippen LogP contribution >= 0.6 is 0 Å². The minimum atomic E-state index is 0.122. The van der Waals surface area contributed by atoms with E-state index in [-0.39, 0.29) is 12.1 Å². The van der Waals surface area contributed by atoms with Gasteiger partial charge in [0.25, 0.3) is 0 Å². The van der Waals surface area contributed by atoms with Gasteiger partial charge in [0.05, 0.1) is 0 Å². The maximum absolute atomic E-state index is 6.14. The second-order valence-corrected chi connectivity index (χ2v) is 5.56. The molecule has 3 nitrogen and oxygen atoms in total. The molecule has 5 N–H and O–H groups in total. The molecule has 0 saturated carbocycles. The van der Waals surface area contributed by atoms with E-state index >= 15 is 0 Å². The molecule has 0 aromatic heterocycles. The SMILES string of the molecule is N[C@H](CNC[C@@H](N)Cc1ccccc1)Cc1ccccc1. The maximum Gasteiger partial charge on any atom is 0.0206 e.